The van der Waals surface area contributed by atoms with Crippen LogP contribution in [0.1, 0.15) is 19.4 Å². The molecule has 3 rings (SSSR count). The zero-order chi connectivity index (χ0) is 12.9. The van der Waals surface area contributed by atoms with E-state index in [9.17, 15) is 0 Å². The molecule has 1 aromatic carbocycles. The fourth-order valence-corrected chi connectivity index (χ4v) is 2.43. The highest BCUT2D eigenvalue weighted by atomic mass is 35.5. The number of hydrogen-bond acceptors (Lipinski definition) is 4. The van der Waals surface area contributed by atoms with Gasteiger partial charge in [-0.05, 0) is 34.9 Å². The summed E-state index contributed by atoms with van der Waals surface area (Å²) >= 11 is 12.2. The van der Waals surface area contributed by atoms with Gasteiger partial charge >= 0.3 is 0 Å². The summed E-state index contributed by atoms with van der Waals surface area (Å²) in [5.74, 6) is 1.20. The number of hydrogen-bond donors (Lipinski definition) is 1. The van der Waals surface area contributed by atoms with Crippen molar-refractivity contribution >= 4 is 28.9 Å². The maximum atomic E-state index is 6.19. The number of nitrogens with zero attached hydrogens (tertiary/aromatic N) is 4. The van der Waals surface area contributed by atoms with Gasteiger partial charge in [0.15, 0.2) is 5.82 Å². The SMILES string of the molecule is CC1CC1n1nnnc1-c1cc(N)cc(Cl)c1Cl. The Morgan fingerprint density at radius 2 is 2.11 bits per heavy atom. The lowest BCUT2D eigenvalue weighted by atomic mass is 10.2. The summed E-state index contributed by atoms with van der Waals surface area (Å²) in [6.07, 6.45) is 1.08. The number of halogens is 2. The van der Waals surface area contributed by atoms with Gasteiger partial charge in [0, 0.05) is 11.3 Å². The van der Waals surface area contributed by atoms with Gasteiger partial charge in [-0.25, -0.2) is 4.68 Å². The summed E-state index contributed by atoms with van der Waals surface area (Å²) in [4.78, 5) is 0. The molecule has 1 fully saturated rings. The highest BCUT2D eigenvalue weighted by Crippen LogP contribution is 2.45. The van der Waals surface area contributed by atoms with E-state index in [2.05, 4.69) is 22.4 Å². The summed E-state index contributed by atoms with van der Waals surface area (Å²) in [6.45, 7) is 2.16. The van der Waals surface area contributed by atoms with E-state index in [1.54, 1.807) is 16.8 Å². The Morgan fingerprint density at radius 3 is 2.78 bits per heavy atom. The first-order valence-corrected chi connectivity index (χ1v) is 6.36. The van der Waals surface area contributed by atoms with Gasteiger partial charge in [0.25, 0.3) is 0 Å². The predicted octanol–water partition coefficient (Wildman–Crippen LogP) is 2.81. The van der Waals surface area contributed by atoms with Crippen LogP contribution in [-0.4, -0.2) is 20.2 Å². The third kappa shape index (κ3) is 1.83. The van der Waals surface area contributed by atoms with E-state index in [4.69, 9.17) is 28.9 Å². The fraction of sp³-hybridized carbons (Fsp3) is 0.364. The molecule has 2 aromatic rings. The molecule has 0 aliphatic heterocycles. The van der Waals surface area contributed by atoms with Crippen molar-refractivity contribution < 1.29 is 0 Å². The average Bonchev–Trinajstić information content (AvgIpc) is 2.87. The number of benzene rings is 1. The Kier molecular flexibility index (Phi) is 2.68. The molecule has 0 radical (unpaired) electrons. The lowest BCUT2D eigenvalue weighted by Crippen LogP contribution is -2.02. The average molecular weight is 284 g/mol. The molecule has 2 atom stereocenters. The Bertz CT molecular complexity index is 609. The van der Waals surface area contributed by atoms with Gasteiger partial charge in [-0.1, -0.05) is 30.1 Å². The van der Waals surface area contributed by atoms with E-state index < -0.39 is 0 Å². The number of nitrogens with two attached hydrogens (primary N) is 1. The molecule has 7 heteroatoms. The minimum absolute atomic E-state index is 0.339. The molecule has 2 N–H and O–H groups in total. The van der Waals surface area contributed by atoms with Crippen molar-refractivity contribution in [2.45, 2.75) is 19.4 Å². The van der Waals surface area contributed by atoms with Crippen molar-refractivity contribution in [3.63, 3.8) is 0 Å². The Hall–Kier alpha value is -1.33. The lowest BCUT2D eigenvalue weighted by Gasteiger charge is -2.07. The first kappa shape index (κ1) is 11.7. The highest BCUT2D eigenvalue weighted by molar-refractivity contribution is 6.43. The minimum atomic E-state index is 0.339. The zero-order valence-electron chi connectivity index (χ0n) is 9.64. The second-order valence-corrected chi connectivity index (χ2v) is 5.38. The third-order valence-electron chi connectivity index (χ3n) is 3.17. The van der Waals surface area contributed by atoms with Crippen molar-refractivity contribution in [3.8, 4) is 11.4 Å². The molecule has 2 unspecified atom stereocenters. The predicted molar refractivity (Wildman–Crippen MR) is 70.5 cm³/mol. The van der Waals surface area contributed by atoms with Crippen LogP contribution < -0.4 is 5.73 Å². The van der Waals surface area contributed by atoms with Gasteiger partial charge in [-0.3, -0.25) is 0 Å². The Morgan fingerprint density at radius 1 is 1.39 bits per heavy atom. The van der Waals surface area contributed by atoms with Crippen LogP contribution in [0.15, 0.2) is 12.1 Å². The van der Waals surface area contributed by atoms with Gasteiger partial charge in [-0.2, -0.15) is 0 Å². The smallest absolute Gasteiger partial charge is 0.183 e. The number of aromatic nitrogens is 4. The summed E-state index contributed by atoms with van der Waals surface area (Å²) < 4.78 is 1.79. The van der Waals surface area contributed by atoms with E-state index in [0.29, 0.717) is 39.1 Å². The van der Waals surface area contributed by atoms with Gasteiger partial charge in [0.05, 0.1) is 16.1 Å². The molecular weight excluding hydrogens is 273 g/mol. The van der Waals surface area contributed by atoms with Crippen LogP contribution in [0.3, 0.4) is 0 Å². The van der Waals surface area contributed by atoms with E-state index in [1.807, 2.05) is 0 Å². The van der Waals surface area contributed by atoms with Crippen LogP contribution in [0, 0.1) is 5.92 Å². The molecular formula is C11H11Cl2N5. The van der Waals surface area contributed by atoms with Crippen molar-refractivity contribution in [2.24, 2.45) is 5.92 Å². The first-order valence-electron chi connectivity index (χ1n) is 5.60. The normalized spacial score (nSPS) is 22.2. The molecule has 1 aliphatic carbocycles. The monoisotopic (exact) mass is 283 g/mol. The van der Waals surface area contributed by atoms with Crippen molar-refractivity contribution in [2.75, 3.05) is 5.73 Å². The maximum absolute atomic E-state index is 6.19. The molecule has 1 heterocycles. The number of tetrazole rings is 1. The summed E-state index contributed by atoms with van der Waals surface area (Å²) in [6, 6.07) is 3.69. The molecule has 5 nitrogen and oxygen atoms in total. The molecule has 1 aliphatic rings. The standard InChI is InChI=1S/C11H11Cl2N5/c1-5-2-9(5)18-11(15-16-17-18)7-3-6(14)4-8(12)10(7)13/h3-5,9H,2,14H2,1H3. The van der Waals surface area contributed by atoms with Gasteiger partial charge < -0.3 is 5.73 Å². The summed E-state index contributed by atoms with van der Waals surface area (Å²) in [7, 11) is 0. The Labute approximate surface area is 114 Å². The van der Waals surface area contributed by atoms with Crippen LogP contribution in [0.4, 0.5) is 5.69 Å². The van der Waals surface area contributed by atoms with Crippen LogP contribution in [0.2, 0.25) is 10.0 Å². The van der Waals surface area contributed by atoms with E-state index in [0.717, 1.165) is 6.42 Å². The first-order chi connectivity index (χ1) is 8.58. The van der Waals surface area contributed by atoms with E-state index >= 15 is 0 Å². The van der Waals surface area contributed by atoms with Crippen LogP contribution >= 0.6 is 23.2 Å². The largest absolute Gasteiger partial charge is 0.399 e. The molecule has 0 saturated heterocycles. The number of nitrogen functional groups attached to an aromatic ring is 1. The maximum Gasteiger partial charge on any atom is 0.183 e. The quantitative estimate of drug-likeness (QED) is 0.861. The van der Waals surface area contributed by atoms with Crippen molar-refractivity contribution in [1.82, 2.24) is 20.2 Å². The van der Waals surface area contributed by atoms with Gasteiger partial charge in [0.2, 0.25) is 0 Å². The second kappa shape index (κ2) is 4.10. The Balaban J connectivity index is 2.13. The molecule has 0 bridgehead atoms. The topological polar surface area (TPSA) is 69.6 Å². The molecule has 18 heavy (non-hydrogen) atoms. The summed E-state index contributed by atoms with van der Waals surface area (Å²) in [5.41, 5.74) is 6.99. The fourth-order valence-electron chi connectivity index (χ4n) is 2.01. The van der Waals surface area contributed by atoms with Crippen LogP contribution in [0.5, 0.6) is 0 Å². The van der Waals surface area contributed by atoms with Crippen molar-refractivity contribution in [3.05, 3.63) is 22.2 Å². The molecule has 0 amide bonds. The molecule has 1 saturated carbocycles. The number of rotatable bonds is 2. The van der Waals surface area contributed by atoms with Crippen LogP contribution in [0.25, 0.3) is 11.4 Å². The third-order valence-corrected chi connectivity index (χ3v) is 3.97. The van der Waals surface area contributed by atoms with E-state index in [1.165, 1.54) is 0 Å². The highest BCUT2D eigenvalue weighted by Gasteiger charge is 2.37. The summed E-state index contributed by atoms with van der Waals surface area (Å²) in [5, 5.41) is 12.6. The zero-order valence-corrected chi connectivity index (χ0v) is 11.2. The molecule has 0 spiro atoms. The van der Waals surface area contributed by atoms with Crippen LogP contribution in [-0.2, 0) is 0 Å². The second-order valence-electron chi connectivity index (χ2n) is 4.59. The minimum Gasteiger partial charge on any atom is -0.399 e. The number of anilines is 1. The van der Waals surface area contributed by atoms with E-state index in [-0.39, 0.29) is 0 Å². The molecule has 1 aromatic heterocycles. The van der Waals surface area contributed by atoms with Gasteiger partial charge in [-0.15, -0.1) is 5.10 Å². The van der Waals surface area contributed by atoms with Gasteiger partial charge in [0.1, 0.15) is 0 Å². The molecule has 94 valence electrons. The van der Waals surface area contributed by atoms with Crippen molar-refractivity contribution in [1.29, 1.82) is 0 Å². The lowest BCUT2D eigenvalue weighted by molar-refractivity contribution is 0.584.